The summed E-state index contributed by atoms with van der Waals surface area (Å²) in [5.41, 5.74) is 1.52. The molecule has 0 saturated carbocycles. The molecule has 2 rings (SSSR count). The van der Waals surface area contributed by atoms with Crippen LogP contribution in [0.25, 0.3) is 0 Å². The van der Waals surface area contributed by atoms with Gasteiger partial charge in [0.15, 0.2) is 6.61 Å². The van der Waals surface area contributed by atoms with Crippen molar-refractivity contribution in [2.45, 2.75) is 6.42 Å². The number of amides is 1. The Bertz CT molecular complexity index is 638. The fourth-order valence-electron chi connectivity index (χ4n) is 1.98. The lowest BCUT2D eigenvalue weighted by molar-refractivity contribution is -0.124. The Balaban J connectivity index is 1.67. The Labute approximate surface area is 135 Å². The summed E-state index contributed by atoms with van der Waals surface area (Å²) in [7, 11) is 1.62. The van der Waals surface area contributed by atoms with Crippen LogP contribution in [0.1, 0.15) is 15.9 Å². The van der Waals surface area contributed by atoms with E-state index >= 15 is 0 Å². The second-order valence-electron chi connectivity index (χ2n) is 4.89. The van der Waals surface area contributed by atoms with E-state index in [0.717, 1.165) is 11.3 Å². The Morgan fingerprint density at radius 2 is 1.70 bits per heavy atom. The van der Waals surface area contributed by atoms with Crippen molar-refractivity contribution in [1.82, 2.24) is 5.32 Å². The van der Waals surface area contributed by atoms with E-state index in [0.29, 0.717) is 18.5 Å². The quantitative estimate of drug-likeness (QED) is 0.796. The minimum Gasteiger partial charge on any atom is -0.497 e. The van der Waals surface area contributed by atoms with Crippen LogP contribution in [-0.4, -0.2) is 32.1 Å². The number of hydrogen-bond donors (Lipinski definition) is 1. The molecule has 0 unspecified atom stereocenters. The fourth-order valence-corrected chi connectivity index (χ4v) is 1.98. The van der Waals surface area contributed by atoms with Crippen LogP contribution in [0.15, 0.2) is 54.6 Å². The topological polar surface area (TPSA) is 64.6 Å². The van der Waals surface area contributed by atoms with Crippen LogP contribution < -0.4 is 10.1 Å². The first kappa shape index (κ1) is 16.5. The molecule has 0 aromatic heterocycles. The van der Waals surface area contributed by atoms with Gasteiger partial charge in [-0.15, -0.1) is 0 Å². The van der Waals surface area contributed by atoms with Crippen LogP contribution in [0.4, 0.5) is 0 Å². The number of methoxy groups -OCH3 is 1. The van der Waals surface area contributed by atoms with Gasteiger partial charge < -0.3 is 14.8 Å². The highest BCUT2D eigenvalue weighted by molar-refractivity contribution is 5.91. The van der Waals surface area contributed by atoms with E-state index in [2.05, 4.69) is 5.32 Å². The summed E-state index contributed by atoms with van der Waals surface area (Å²) in [5.74, 6) is -0.0238. The van der Waals surface area contributed by atoms with Crippen molar-refractivity contribution in [2.24, 2.45) is 0 Å². The molecule has 5 heteroatoms. The first-order valence-corrected chi connectivity index (χ1v) is 7.31. The number of nitrogens with one attached hydrogen (secondary N) is 1. The van der Waals surface area contributed by atoms with E-state index in [1.54, 1.807) is 31.4 Å². The third-order valence-corrected chi connectivity index (χ3v) is 3.24. The molecule has 1 N–H and O–H groups in total. The van der Waals surface area contributed by atoms with Crippen molar-refractivity contribution < 1.29 is 19.1 Å². The number of carbonyl (C=O) groups is 2. The molecule has 120 valence electrons. The minimum absolute atomic E-state index is 0.281. The van der Waals surface area contributed by atoms with Crippen LogP contribution in [0.5, 0.6) is 5.75 Å². The summed E-state index contributed by atoms with van der Waals surface area (Å²) in [6.07, 6.45) is 0.697. The maximum atomic E-state index is 11.7. The predicted octanol–water partition coefficient (Wildman–Crippen LogP) is 2.21. The van der Waals surface area contributed by atoms with Crippen LogP contribution in [0.2, 0.25) is 0 Å². The largest absolute Gasteiger partial charge is 0.497 e. The van der Waals surface area contributed by atoms with Gasteiger partial charge in [0.25, 0.3) is 5.91 Å². The van der Waals surface area contributed by atoms with E-state index in [-0.39, 0.29) is 12.5 Å². The third-order valence-electron chi connectivity index (χ3n) is 3.24. The molecule has 2 aromatic rings. The van der Waals surface area contributed by atoms with Crippen molar-refractivity contribution in [3.05, 3.63) is 65.7 Å². The van der Waals surface area contributed by atoms with Crippen LogP contribution in [0, 0.1) is 0 Å². The Morgan fingerprint density at radius 3 is 2.35 bits per heavy atom. The summed E-state index contributed by atoms with van der Waals surface area (Å²) in [6.45, 7) is 0.199. The molecule has 1 amide bonds. The fraction of sp³-hybridized carbons (Fsp3) is 0.222. The molecule has 0 spiro atoms. The smallest absolute Gasteiger partial charge is 0.338 e. The second-order valence-corrected chi connectivity index (χ2v) is 4.89. The van der Waals surface area contributed by atoms with Crippen molar-refractivity contribution in [3.63, 3.8) is 0 Å². The number of benzene rings is 2. The van der Waals surface area contributed by atoms with E-state index in [4.69, 9.17) is 9.47 Å². The minimum atomic E-state index is -0.504. The van der Waals surface area contributed by atoms with Gasteiger partial charge in [-0.1, -0.05) is 30.3 Å². The molecule has 0 aliphatic rings. The third kappa shape index (κ3) is 5.47. The highest BCUT2D eigenvalue weighted by Crippen LogP contribution is 2.11. The van der Waals surface area contributed by atoms with E-state index in [1.165, 1.54) is 0 Å². The highest BCUT2D eigenvalue weighted by atomic mass is 16.5. The number of hydrogen-bond acceptors (Lipinski definition) is 4. The summed E-state index contributed by atoms with van der Waals surface area (Å²) >= 11 is 0. The Hall–Kier alpha value is -2.82. The highest BCUT2D eigenvalue weighted by Gasteiger charge is 2.09. The van der Waals surface area contributed by atoms with Crippen molar-refractivity contribution in [1.29, 1.82) is 0 Å². The molecule has 0 heterocycles. The van der Waals surface area contributed by atoms with Gasteiger partial charge in [0.1, 0.15) is 5.75 Å². The maximum absolute atomic E-state index is 11.7. The van der Waals surface area contributed by atoms with Gasteiger partial charge in [-0.05, 0) is 36.2 Å². The molecule has 0 saturated heterocycles. The van der Waals surface area contributed by atoms with Gasteiger partial charge in [-0.2, -0.15) is 0 Å². The van der Waals surface area contributed by atoms with Crippen molar-refractivity contribution in [3.8, 4) is 5.75 Å². The Morgan fingerprint density at radius 1 is 1.00 bits per heavy atom. The molecule has 0 aliphatic heterocycles. The van der Waals surface area contributed by atoms with Gasteiger partial charge in [-0.25, -0.2) is 4.79 Å². The predicted molar refractivity (Wildman–Crippen MR) is 86.4 cm³/mol. The molecular formula is C18H19NO4. The summed E-state index contributed by atoms with van der Waals surface area (Å²) < 4.78 is 10.0. The van der Waals surface area contributed by atoms with Gasteiger partial charge in [-0.3, -0.25) is 4.79 Å². The van der Waals surface area contributed by atoms with E-state index in [1.807, 2.05) is 30.3 Å². The van der Waals surface area contributed by atoms with Gasteiger partial charge in [0, 0.05) is 6.54 Å². The number of carbonyl (C=O) groups excluding carboxylic acids is 2. The van der Waals surface area contributed by atoms with Crippen molar-refractivity contribution >= 4 is 11.9 Å². The van der Waals surface area contributed by atoms with Crippen LogP contribution in [-0.2, 0) is 16.0 Å². The van der Waals surface area contributed by atoms with E-state index < -0.39 is 5.97 Å². The first-order chi connectivity index (χ1) is 11.2. The van der Waals surface area contributed by atoms with Crippen LogP contribution >= 0.6 is 0 Å². The first-order valence-electron chi connectivity index (χ1n) is 7.31. The van der Waals surface area contributed by atoms with Crippen molar-refractivity contribution in [2.75, 3.05) is 20.3 Å². The van der Waals surface area contributed by atoms with Gasteiger partial charge in [0.2, 0.25) is 0 Å². The lowest BCUT2D eigenvalue weighted by Gasteiger charge is -2.07. The molecule has 0 aliphatic carbocycles. The number of rotatable bonds is 7. The van der Waals surface area contributed by atoms with Gasteiger partial charge >= 0.3 is 5.97 Å². The lowest BCUT2D eigenvalue weighted by Crippen LogP contribution is -2.30. The number of esters is 1. The summed E-state index contributed by atoms with van der Waals surface area (Å²) in [4.78, 5) is 23.4. The SMILES string of the molecule is COc1ccc(CCNC(=O)COC(=O)c2ccccc2)cc1. The standard InChI is InChI=1S/C18H19NO4/c1-22-16-9-7-14(8-10-16)11-12-19-17(20)13-23-18(21)15-5-3-2-4-6-15/h2-10H,11-13H2,1H3,(H,19,20). The monoisotopic (exact) mass is 313 g/mol. The average Bonchev–Trinajstić information content (AvgIpc) is 2.61. The Kier molecular flexibility index (Phi) is 6.17. The molecule has 0 bridgehead atoms. The lowest BCUT2D eigenvalue weighted by atomic mass is 10.1. The molecular weight excluding hydrogens is 294 g/mol. The molecule has 2 aromatic carbocycles. The normalized spacial score (nSPS) is 9.96. The zero-order valence-electron chi connectivity index (χ0n) is 13.0. The van der Waals surface area contributed by atoms with E-state index in [9.17, 15) is 9.59 Å². The summed E-state index contributed by atoms with van der Waals surface area (Å²) in [6, 6.07) is 16.2. The molecule has 0 radical (unpaired) electrons. The maximum Gasteiger partial charge on any atom is 0.338 e. The van der Waals surface area contributed by atoms with Crippen LogP contribution in [0.3, 0.4) is 0 Å². The molecule has 23 heavy (non-hydrogen) atoms. The second kappa shape index (κ2) is 8.58. The molecule has 5 nitrogen and oxygen atoms in total. The average molecular weight is 313 g/mol. The number of ether oxygens (including phenoxy) is 2. The zero-order valence-corrected chi connectivity index (χ0v) is 13.0. The zero-order chi connectivity index (χ0) is 16.5. The summed E-state index contributed by atoms with van der Waals surface area (Å²) in [5, 5.41) is 2.72. The van der Waals surface area contributed by atoms with Gasteiger partial charge in [0.05, 0.1) is 12.7 Å². The molecule has 0 fully saturated rings. The molecule has 0 atom stereocenters.